The fourth-order valence-corrected chi connectivity index (χ4v) is 6.14. The maximum absolute atomic E-state index is 13.5. The molecule has 2 heterocycles. The Hall–Kier alpha value is -3.01. The second-order valence-electron chi connectivity index (χ2n) is 8.71. The lowest BCUT2D eigenvalue weighted by Gasteiger charge is -2.26. The van der Waals surface area contributed by atoms with E-state index in [1.807, 2.05) is 53.4 Å². The van der Waals surface area contributed by atoms with Crippen molar-refractivity contribution in [1.29, 1.82) is 0 Å². The first-order valence-corrected chi connectivity index (χ1v) is 13.3. The Morgan fingerprint density at radius 2 is 1.57 bits per heavy atom. The van der Waals surface area contributed by atoms with Crippen LogP contribution in [0.25, 0.3) is 0 Å². The van der Waals surface area contributed by atoms with Crippen LogP contribution in [0.3, 0.4) is 0 Å². The molecule has 1 aliphatic rings. The maximum atomic E-state index is 13.5. The number of nitrogens with zero attached hydrogens (tertiary/aromatic N) is 4. The van der Waals surface area contributed by atoms with Crippen LogP contribution in [0.2, 0.25) is 0 Å². The van der Waals surface area contributed by atoms with Gasteiger partial charge in [0.1, 0.15) is 11.4 Å². The first-order chi connectivity index (χ1) is 16.9. The number of sulfonamides is 1. The highest BCUT2D eigenvalue weighted by Crippen LogP contribution is 2.24. The number of aryl methyl sites for hydroxylation is 1. The number of carbonyl (C=O) groups is 1. The lowest BCUT2D eigenvalue weighted by atomic mass is 10.1. The molecule has 1 aromatic heterocycles. The van der Waals surface area contributed by atoms with E-state index in [1.165, 1.54) is 8.99 Å². The van der Waals surface area contributed by atoms with Crippen LogP contribution >= 0.6 is 0 Å². The van der Waals surface area contributed by atoms with Crippen LogP contribution in [-0.2, 0) is 39.1 Å². The van der Waals surface area contributed by atoms with Crippen LogP contribution in [0.5, 0.6) is 0 Å². The molecule has 0 aliphatic carbocycles. The minimum absolute atomic E-state index is 0.0209. The molecule has 3 aromatic rings. The minimum atomic E-state index is -3.71. The molecule has 0 spiro atoms. The molecule has 186 valence electrons. The van der Waals surface area contributed by atoms with Crippen molar-refractivity contribution in [3.05, 3.63) is 83.2 Å². The van der Waals surface area contributed by atoms with Crippen molar-refractivity contribution in [1.82, 2.24) is 19.0 Å². The average molecular weight is 497 g/mol. The Balaban J connectivity index is 1.54. The fourth-order valence-electron chi connectivity index (χ4n) is 4.36. The zero-order chi connectivity index (χ0) is 24.8. The fraction of sp³-hybridized carbons (Fsp3) is 0.385. The van der Waals surface area contributed by atoms with E-state index in [2.05, 4.69) is 17.2 Å². The predicted octanol–water partition coefficient (Wildman–Crippen LogP) is 2.79. The van der Waals surface area contributed by atoms with Crippen LogP contribution in [0.1, 0.15) is 22.5 Å². The van der Waals surface area contributed by atoms with Gasteiger partial charge >= 0.3 is 0 Å². The number of carbonyl (C=O) groups excluding carboxylic acids is 1. The van der Waals surface area contributed by atoms with Gasteiger partial charge in [0.25, 0.3) is 0 Å². The zero-order valence-corrected chi connectivity index (χ0v) is 21.1. The van der Waals surface area contributed by atoms with E-state index in [9.17, 15) is 13.2 Å². The van der Waals surface area contributed by atoms with Crippen LogP contribution in [-0.4, -0.2) is 66.2 Å². The summed E-state index contributed by atoms with van der Waals surface area (Å²) in [4.78, 5) is 15.5. The second kappa shape index (κ2) is 11.2. The van der Waals surface area contributed by atoms with Gasteiger partial charge in [-0.2, -0.15) is 9.40 Å². The standard InChI is InChI=1S/C26H32N4O4S/c1-21-26(35(32,33)29-15-17-34-18-16-29)22(2)30(27-21)20-25(31)28(19-24-11-7-4-8-12-24)14-13-23-9-5-3-6-10-23/h3-12H,13-20H2,1-2H3. The van der Waals surface area contributed by atoms with Crippen LogP contribution in [0, 0.1) is 13.8 Å². The summed E-state index contributed by atoms with van der Waals surface area (Å²) in [7, 11) is -3.71. The van der Waals surface area contributed by atoms with Gasteiger partial charge < -0.3 is 9.64 Å². The molecule has 1 aliphatic heterocycles. The van der Waals surface area contributed by atoms with Crippen molar-refractivity contribution in [3.8, 4) is 0 Å². The molecular formula is C26H32N4O4S. The van der Waals surface area contributed by atoms with Crippen LogP contribution in [0.15, 0.2) is 65.6 Å². The summed E-state index contributed by atoms with van der Waals surface area (Å²) < 4.78 is 34.8. The lowest BCUT2D eigenvalue weighted by molar-refractivity contribution is -0.132. The molecule has 1 saturated heterocycles. The molecule has 0 bridgehead atoms. The van der Waals surface area contributed by atoms with E-state index in [0.717, 1.165) is 17.5 Å². The van der Waals surface area contributed by atoms with Crippen molar-refractivity contribution < 1.29 is 17.9 Å². The Morgan fingerprint density at radius 1 is 0.971 bits per heavy atom. The highest BCUT2D eigenvalue weighted by Gasteiger charge is 2.32. The van der Waals surface area contributed by atoms with Crippen molar-refractivity contribution in [2.24, 2.45) is 0 Å². The van der Waals surface area contributed by atoms with Gasteiger partial charge in [0.15, 0.2) is 0 Å². The number of rotatable bonds is 9. The molecule has 0 unspecified atom stereocenters. The summed E-state index contributed by atoms with van der Waals surface area (Å²) in [5.74, 6) is -0.106. The minimum Gasteiger partial charge on any atom is -0.379 e. The number of benzene rings is 2. The van der Waals surface area contributed by atoms with E-state index >= 15 is 0 Å². The van der Waals surface area contributed by atoms with Gasteiger partial charge in [0, 0.05) is 26.2 Å². The highest BCUT2D eigenvalue weighted by molar-refractivity contribution is 7.89. The summed E-state index contributed by atoms with van der Waals surface area (Å²) in [5, 5.41) is 4.45. The molecule has 0 radical (unpaired) electrons. The van der Waals surface area contributed by atoms with Crippen molar-refractivity contribution in [2.75, 3.05) is 32.8 Å². The van der Waals surface area contributed by atoms with E-state index in [1.54, 1.807) is 13.8 Å². The topological polar surface area (TPSA) is 84.7 Å². The Bertz CT molecular complexity index is 1240. The number of aromatic nitrogens is 2. The van der Waals surface area contributed by atoms with E-state index in [-0.39, 0.29) is 17.3 Å². The van der Waals surface area contributed by atoms with Crippen LogP contribution < -0.4 is 0 Å². The Morgan fingerprint density at radius 3 is 2.20 bits per heavy atom. The largest absolute Gasteiger partial charge is 0.379 e. The normalized spacial score (nSPS) is 14.7. The van der Waals surface area contributed by atoms with E-state index in [4.69, 9.17) is 4.74 Å². The molecule has 1 amide bonds. The molecule has 2 aromatic carbocycles. The van der Waals surface area contributed by atoms with Crippen molar-refractivity contribution in [3.63, 3.8) is 0 Å². The summed E-state index contributed by atoms with van der Waals surface area (Å²) >= 11 is 0. The third kappa shape index (κ3) is 5.98. The first-order valence-electron chi connectivity index (χ1n) is 11.8. The molecular weight excluding hydrogens is 464 g/mol. The number of amides is 1. The third-order valence-electron chi connectivity index (χ3n) is 6.25. The number of hydrogen-bond donors (Lipinski definition) is 0. The Labute approximate surface area is 207 Å². The SMILES string of the molecule is Cc1nn(CC(=O)N(CCc2ccccc2)Cc2ccccc2)c(C)c1S(=O)(=O)N1CCOCC1. The van der Waals surface area contributed by atoms with Gasteiger partial charge in [-0.3, -0.25) is 9.48 Å². The van der Waals surface area contributed by atoms with E-state index in [0.29, 0.717) is 50.8 Å². The Kier molecular flexibility index (Phi) is 8.00. The van der Waals surface area contributed by atoms with E-state index < -0.39 is 10.0 Å². The molecule has 0 atom stereocenters. The predicted molar refractivity (Wildman–Crippen MR) is 133 cm³/mol. The third-order valence-corrected chi connectivity index (χ3v) is 8.40. The second-order valence-corrected chi connectivity index (χ2v) is 10.6. The first kappa shape index (κ1) is 25.1. The monoisotopic (exact) mass is 496 g/mol. The summed E-state index contributed by atoms with van der Waals surface area (Å²) in [6.07, 6.45) is 0.729. The van der Waals surface area contributed by atoms with Crippen molar-refractivity contribution in [2.45, 2.75) is 38.3 Å². The number of ether oxygens (including phenoxy) is 1. The number of morpholine rings is 1. The van der Waals surface area contributed by atoms with Gasteiger partial charge in [-0.05, 0) is 31.4 Å². The summed E-state index contributed by atoms with van der Waals surface area (Å²) in [6.45, 7) is 5.78. The van der Waals surface area contributed by atoms with Gasteiger partial charge in [-0.1, -0.05) is 60.7 Å². The molecule has 0 N–H and O–H groups in total. The smallest absolute Gasteiger partial charge is 0.246 e. The molecule has 8 nitrogen and oxygen atoms in total. The quantitative estimate of drug-likeness (QED) is 0.455. The molecule has 35 heavy (non-hydrogen) atoms. The molecule has 1 fully saturated rings. The molecule has 0 saturated carbocycles. The number of hydrogen-bond acceptors (Lipinski definition) is 5. The summed E-state index contributed by atoms with van der Waals surface area (Å²) in [5.41, 5.74) is 3.08. The summed E-state index contributed by atoms with van der Waals surface area (Å²) in [6, 6.07) is 19.9. The average Bonchev–Trinajstić information content (AvgIpc) is 3.16. The molecule has 4 rings (SSSR count). The molecule has 9 heteroatoms. The highest BCUT2D eigenvalue weighted by atomic mass is 32.2. The maximum Gasteiger partial charge on any atom is 0.246 e. The van der Waals surface area contributed by atoms with Gasteiger partial charge in [-0.15, -0.1) is 0 Å². The lowest BCUT2D eigenvalue weighted by Crippen LogP contribution is -2.41. The zero-order valence-electron chi connectivity index (χ0n) is 20.3. The van der Waals surface area contributed by atoms with Gasteiger partial charge in [0.2, 0.25) is 15.9 Å². The van der Waals surface area contributed by atoms with Crippen LogP contribution in [0.4, 0.5) is 0 Å². The van der Waals surface area contributed by atoms with Gasteiger partial charge in [0.05, 0.1) is 24.6 Å². The van der Waals surface area contributed by atoms with Gasteiger partial charge in [-0.25, -0.2) is 8.42 Å². The van der Waals surface area contributed by atoms with Crippen molar-refractivity contribution >= 4 is 15.9 Å².